The maximum absolute atomic E-state index is 12.2. The van der Waals surface area contributed by atoms with Gasteiger partial charge in [0, 0.05) is 38.9 Å². The van der Waals surface area contributed by atoms with Gasteiger partial charge in [-0.15, -0.1) is 0 Å². The smallest absolute Gasteiger partial charge is 0.410 e. The average molecular weight is 330 g/mol. The Morgan fingerprint density at radius 3 is 2.48 bits per heavy atom. The molecule has 3 unspecified atom stereocenters. The SMILES string of the molecule is CCOC1CC(NCCN(C(=O)OC(C)(C)C)C(C)C)C1OC. The Morgan fingerprint density at radius 1 is 1.35 bits per heavy atom. The van der Waals surface area contributed by atoms with E-state index < -0.39 is 5.60 Å². The number of methoxy groups -OCH3 is 1. The van der Waals surface area contributed by atoms with Gasteiger partial charge in [-0.2, -0.15) is 0 Å². The topological polar surface area (TPSA) is 60.0 Å². The fourth-order valence-electron chi connectivity index (χ4n) is 2.73. The molecule has 1 N–H and O–H groups in total. The van der Waals surface area contributed by atoms with Crippen molar-refractivity contribution >= 4 is 6.09 Å². The average Bonchev–Trinajstić information content (AvgIpc) is 2.38. The minimum absolute atomic E-state index is 0.0870. The van der Waals surface area contributed by atoms with Crippen molar-refractivity contribution in [2.45, 2.75) is 77.9 Å². The maximum Gasteiger partial charge on any atom is 0.410 e. The molecule has 1 fully saturated rings. The molecule has 0 bridgehead atoms. The van der Waals surface area contributed by atoms with Crippen LogP contribution in [0.25, 0.3) is 0 Å². The summed E-state index contributed by atoms with van der Waals surface area (Å²) in [6.07, 6.45) is 0.942. The molecule has 1 amide bonds. The summed E-state index contributed by atoms with van der Waals surface area (Å²) >= 11 is 0. The van der Waals surface area contributed by atoms with Crippen molar-refractivity contribution in [3.8, 4) is 0 Å². The zero-order valence-electron chi connectivity index (χ0n) is 15.7. The highest BCUT2D eigenvalue weighted by Crippen LogP contribution is 2.26. The first-order valence-corrected chi connectivity index (χ1v) is 8.57. The largest absolute Gasteiger partial charge is 0.444 e. The van der Waals surface area contributed by atoms with Gasteiger partial charge in [0.1, 0.15) is 5.60 Å². The van der Waals surface area contributed by atoms with E-state index in [1.807, 2.05) is 41.5 Å². The van der Waals surface area contributed by atoms with E-state index in [-0.39, 0.29) is 30.4 Å². The third kappa shape index (κ3) is 6.28. The molecule has 3 atom stereocenters. The van der Waals surface area contributed by atoms with Gasteiger partial charge in [0.05, 0.1) is 12.2 Å². The molecule has 136 valence electrons. The summed E-state index contributed by atoms with van der Waals surface area (Å²) < 4.78 is 16.6. The molecule has 23 heavy (non-hydrogen) atoms. The lowest BCUT2D eigenvalue weighted by molar-refractivity contribution is -0.131. The number of hydrogen-bond acceptors (Lipinski definition) is 5. The molecular weight excluding hydrogens is 296 g/mol. The standard InChI is InChI=1S/C17H34N2O4/c1-8-22-14-11-13(15(14)21-7)18-9-10-19(12(2)3)16(20)23-17(4,5)6/h12-15,18H,8-11H2,1-7H3. The normalized spacial score (nSPS) is 24.4. The first-order chi connectivity index (χ1) is 10.7. The number of nitrogens with zero attached hydrogens (tertiary/aromatic N) is 1. The zero-order valence-corrected chi connectivity index (χ0v) is 15.7. The molecule has 6 heteroatoms. The summed E-state index contributed by atoms with van der Waals surface area (Å²) in [6.45, 7) is 13.7. The Labute approximate surface area is 140 Å². The van der Waals surface area contributed by atoms with E-state index in [9.17, 15) is 4.79 Å². The van der Waals surface area contributed by atoms with Crippen LogP contribution in [0, 0.1) is 0 Å². The molecule has 1 saturated carbocycles. The molecule has 0 aliphatic heterocycles. The van der Waals surface area contributed by atoms with E-state index in [0.29, 0.717) is 19.7 Å². The van der Waals surface area contributed by atoms with Crippen molar-refractivity contribution in [3.05, 3.63) is 0 Å². The van der Waals surface area contributed by atoms with E-state index >= 15 is 0 Å². The Kier molecular flexibility index (Phi) is 7.77. The molecule has 0 aromatic heterocycles. The van der Waals surface area contributed by atoms with Crippen molar-refractivity contribution in [3.63, 3.8) is 0 Å². The maximum atomic E-state index is 12.2. The Balaban J connectivity index is 2.41. The molecule has 0 spiro atoms. The van der Waals surface area contributed by atoms with E-state index in [0.717, 1.165) is 6.42 Å². The van der Waals surface area contributed by atoms with E-state index in [1.165, 1.54) is 0 Å². The van der Waals surface area contributed by atoms with Crippen molar-refractivity contribution < 1.29 is 19.0 Å². The van der Waals surface area contributed by atoms with Crippen LogP contribution >= 0.6 is 0 Å². The van der Waals surface area contributed by atoms with Gasteiger partial charge in [-0.25, -0.2) is 4.79 Å². The van der Waals surface area contributed by atoms with Crippen LogP contribution in [0.5, 0.6) is 0 Å². The molecule has 1 aliphatic carbocycles. The summed E-state index contributed by atoms with van der Waals surface area (Å²) in [6, 6.07) is 0.381. The second-order valence-electron chi connectivity index (χ2n) is 7.26. The van der Waals surface area contributed by atoms with Crippen LogP contribution in [-0.2, 0) is 14.2 Å². The fraction of sp³-hybridized carbons (Fsp3) is 0.941. The Bertz CT molecular complexity index is 368. The van der Waals surface area contributed by atoms with Crippen molar-refractivity contribution in [2.75, 3.05) is 26.8 Å². The third-order valence-corrected chi connectivity index (χ3v) is 3.91. The summed E-state index contributed by atoms with van der Waals surface area (Å²) in [7, 11) is 1.71. The van der Waals surface area contributed by atoms with Gasteiger partial charge in [0.15, 0.2) is 0 Å². The second-order valence-corrected chi connectivity index (χ2v) is 7.26. The van der Waals surface area contributed by atoms with Gasteiger partial charge in [-0.3, -0.25) is 0 Å². The minimum atomic E-state index is -0.475. The third-order valence-electron chi connectivity index (χ3n) is 3.91. The van der Waals surface area contributed by atoms with Crippen molar-refractivity contribution in [2.24, 2.45) is 0 Å². The molecule has 1 aliphatic rings. The predicted octanol–water partition coefficient (Wildman–Crippen LogP) is 2.41. The number of hydrogen-bond donors (Lipinski definition) is 1. The minimum Gasteiger partial charge on any atom is -0.444 e. The number of carbonyl (C=O) groups is 1. The summed E-state index contributed by atoms with van der Waals surface area (Å²) in [4.78, 5) is 14.0. The van der Waals surface area contributed by atoms with Crippen LogP contribution in [0.15, 0.2) is 0 Å². The van der Waals surface area contributed by atoms with Crippen LogP contribution in [0.1, 0.15) is 48.0 Å². The lowest BCUT2D eigenvalue weighted by Gasteiger charge is -2.43. The predicted molar refractivity (Wildman–Crippen MR) is 90.7 cm³/mol. The number of carbonyl (C=O) groups excluding carboxylic acids is 1. The summed E-state index contributed by atoms with van der Waals surface area (Å²) in [5.74, 6) is 0. The number of rotatable bonds is 8. The lowest BCUT2D eigenvalue weighted by Crippen LogP contribution is -2.60. The van der Waals surface area contributed by atoms with Crippen molar-refractivity contribution in [1.82, 2.24) is 10.2 Å². The van der Waals surface area contributed by atoms with Gasteiger partial charge in [0.25, 0.3) is 0 Å². The molecule has 6 nitrogen and oxygen atoms in total. The quantitative estimate of drug-likeness (QED) is 0.740. The van der Waals surface area contributed by atoms with Crippen LogP contribution < -0.4 is 5.32 Å². The number of ether oxygens (including phenoxy) is 3. The monoisotopic (exact) mass is 330 g/mol. The first kappa shape index (κ1) is 20.2. The number of amides is 1. The van der Waals surface area contributed by atoms with Gasteiger partial charge in [0.2, 0.25) is 0 Å². The first-order valence-electron chi connectivity index (χ1n) is 8.57. The molecule has 0 radical (unpaired) electrons. The van der Waals surface area contributed by atoms with Crippen LogP contribution in [0.3, 0.4) is 0 Å². The van der Waals surface area contributed by atoms with Crippen LogP contribution in [-0.4, -0.2) is 67.7 Å². The zero-order chi connectivity index (χ0) is 17.6. The molecule has 1 rings (SSSR count). The van der Waals surface area contributed by atoms with E-state index in [4.69, 9.17) is 14.2 Å². The summed E-state index contributed by atoms with van der Waals surface area (Å²) in [5, 5.41) is 3.46. The molecular formula is C17H34N2O4. The van der Waals surface area contributed by atoms with Gasteiger partial charge >= 0.3 is 6.09 Å². The summed E-state index contributed by atoms with van der Waals surface area (Å²) in [5.41, 5.74) is -0.475. The highest BCUT2D eigenvalue weighted by atomic mass is 16.6. The Morgan fingerprint density at radius 2 is 2.00 bits per heavy atom. The van der Waals surface area contributed by atoms with Gasteiger partial charge in [-0.05, 0) is 48.0 Å². The van der Waals surface area contributed by atoms with E-state index in [1.54, 1.807) is 12.0 Å². The molecule has 0 aromatic rings. The van der Waals surface area contributed by atoms with E-state index in [2.05, 4.69) is 5.32 Å². The second kappa shape index (κ2) is 8.85. The molecule has 0 heterocycles. The highest BCUT2D eigenvalue weighted by Gasteiger charge is 2.41. The fourth-order valence-corrected chi connectivity index (χ4v) is 2.73. The van der Waals surface area contributed by atoms with Gasteiger partial charge < -0.3 is 24.4 Å². The highest BCUT2D eigenvalue weighted by molar-refractivity contribution is 5.68. The molecule has 0 saturated heterocycles. The number of nitrogens with one attached hydrogen (secondary N) is 1. The molecule has 0 aromatic carbocycles. The van der Waals surface area contributed by atoms with Crippen molar-refractivity contribution in [1.29, 1.82) is 0 Å². The van der Waals surface area contributed by atoms with Crippen LogP contribution in [0.2, 0.25) is 0 Å². The lowest BCUT2D eigenvalue weighted by atomic mass is 9.85. The van der Waals surface area contributed by atoms with Gasteiger partial charge in [-0.1, -0.05) is 0 Å². The van der Waals surface area contributed by atoms with Crippen LogP contribution in [0.4, 0.5) is 4.79 Å². The Hall–Kier alpha value is -0.850.